The molecule has 19 heavy (non-hydrogen) atoms. The first-order valence-electron chi connectivity index (χ1n) is 6.53. The summed E-state index contributed by atoms with van der Waals surface area (Å²) in [7, 11) is 0. The summed E-state index contributed by atoms with van der Waals surface area (Å²) >= 11 is 1.60. The molecular formula is C15H21NO2S. The number of ether oxygens (including phenoxy) is 1. The summed E-state index contributed by atoms with van der Waals surface area (Å²) in [6.07, 6.45) is 0. The molecule has 0 saturated carbocycles. The lowest BCUT2D eigenvalue weighted by atomic mass is 9.89. The molecule has 1 N–H and O–H groups in total. The van der Waals surface area contributed by atoms with E-state index in [9.17, 15) is 4.79 Å². The van der Waals surface area contributed by atoms with Crippen molar-refractivity contribution in [1.29, 1.82) is 0 Å². The zero-order valence-electron chi connectivity index (χ0n) is 11.8. The van der Waals surface area contributed by atoms with Crippen LogP contribution < -0.4 is 5.32 Å². The standard InChI is InChI=1S/C15H21NO2S/c1-11-4-5-12(2)13(6-11)19-7-14(17)16-8-15(3)9-18-10-15/h4-6H,7-10H2,1-3H3,(H,16,17). The number of benzene rings is 1. The third-order valence-corrected chi connectivity index (χ3v) is 4.47. The average molecular weight is 279 g/mol. The Hall–Kier alpha value is -1.00. The number of carbonyl (C=O) groups is 1. The molecule has 0 atom stereocenters. The number of nitrogens with one attached hydrogen (secondary N) is 1. The molecule has 0 aromatic heterocycles. The van der Waals surface area contributed by atoms with Gasteiger partial charge in [0, 0.05) is 16.9 Å². The van der Waals surface area contributed by atoms with Gasteiger partial charge in [-0.3, -0.25) is 4.79 Å². The summed E-state index contributed by atoms with van der Waals surface area (Å²) in [5.74, 6) is 0.570. The van der Waals surface area contributed by atoms with Crippen LogP contribution in [0.25, 0.3) is 0 Å². The molecule has 1 fully saturated rings. The van der Waals surface area contributed by atoms with Crippen molar-refractivity contribution in [3.63, 3.8) is 0 Å². The summed E-state index contributed by atoms with van der Waals surface area (Å²) in [6.45, 7) is 8.48. The predicted octanol–water partition coefficient (Wildman–Crippen LogP) is 2.55. The Morgan fingerprint density at radius 3 is 2.79 bits per heavy atom. The van der Waals surface area contributed by atoms with E-state index in [2.05, 4.69) is 44.3 Å². The van der Waals surface area contributed by atoms with E-state index in [1.165, 1.54) is 16.0 Å². The van der Waals surface area contributed by atoms with Crippen molar-refractivity contribution in [2.75, 3.05) is 25.5 Å². The molecule has 1 amide bonds. The van der Waals surface area contributed by atoms with E-state index in [4.69, 9.17) is 4.74 Å². The van der Waals surface area contributed by atoms with Crippen LogP contribution in [0.15, 0.2) is 23.1 Å². The van der Waals surface area contributed by atoms with Gasteiger partial charge in [0.05, 0.1) is 19.0 Å². The Morgan fingerprint density at radius 2 is 2.16 bits per heavy atom. The molecule has 104 valence electrons. The largest absolute Gasteiger partial charge is 0.380 e. The summed E-state index contributed by atoms with van der Waals surface area (Å²) in [5, 5.41) is 2.99. The molecule has 1 aliphatic rings. The van der Waals surface area contributed by atoms with Crippen LogP contribution in [-0.4, -0.2) is 31.4 Å². The van der Waals surface area contributed by atoms with Crippen molar-refractivity contribution in [3.05, 3.63) is 29.3 Å². The van der Waals surface area contributed by atoms with Crippen molar-refractivity contribution in [3.8, 4) is 0 Å². The van der Waals surface area contributed by atoms with Gasteiger partial charge in [0.1, 0.15) is 0 Å². The Kier molecular flexibility index (Phi) is 4.53. The van der Waals surface area contributed by atoms with Gasteiger partial charge in [0.25, 0.3) is 0 Å². The van der Waals surface area contributed by atoms with Gasteiger partial charge in [0.15, 0.2) is 0 Å². The lowest BCUT2D eigenvalue weighted by molar-refractivity contribution is -0.124. The molecule has 1 saturated heterocycles. The van der Waals surface area contributed by atoms with Gasteiger partial charge in [-0.25, -0.2) is 0 Å². The molecule has 0 bridgehead atoms. The number of hydrogen-bond donors (Lipinski definition) is 1. The van der Waals surface area contributed by atoms with Gasteiger partial charge in [0.2, 0.25) is 5.91 Å². The second-order valence-electron chi connectivity index (χ2n) is 5.64. The Morgan fingerprint density at radius 1 is 1.42 bits per heavy atom. The third-order valence-electron chi connectivity index (χ3n) is 3.32. The van der Waals surface area contributed by atoms with Crippen molar-refractivity contribution in [1.82, 2.24) is 5.32 Å². The number of rotatable bonds is 5. The van der Waals surface area contributed by atoms with E-state index in [0.717, 1.165) is 13.2 Å². The molecular weight excluding hydrogens is 258 g/mol. The van der Waals surface area contributed by atoms with Crippen LogP contribution in [0.4, 0.5) is 0 Å². The van der Waals surface area contributed by atoms with Gasteiger partial charge < -0.3 is 10.1 Å². The van der Waals surface area contributed by atoms with Gasteiger partial charge in [-0.05, 0) is 25.5 Å². The normalized spacial score (nSPS) is 16.8. The van der Waals surface area contributed by atoms with Crippen molar-refractivity contribution in [2.24, 2.45) is 5.41 Å². The van der Waals surface area contributed by atoms with E-state index in [1.54, 1.807) is 11.8 Å². The van der Waals surface area contributed by atoms with Crippen LogP contribution in [-0.2, 0) is 9.53 Å². The third kappa shape index (κ3) is 3.98. The fraction of sp³-hybridized carbons (Fsp3) is 0.533. The maximum atomic E-state index is 11.8. The monoisotopic (exact) mass is 279 g/mol. The molecule has 0 unspecified atom stereocenters. The van der Waals surface area contributed by atoms with Crippen LogP contribution in [0, 0.1) is 19.3 Å². The maximum absolute atomic E-state index is 11.8. The summed E-state index contributed by atoms with van der Waals surface area (Å²) < 4.78 is 5.17. The second kappa shape index (κ2) is 5.97. The van der Waals surface area contributed by atoms with Gasteiger partial charge in [-0.2, -0.15) is 0 Å². The molecule has 0 aliphatic carbocycles. The van der Waals surface area contributed by atoms with E-state index >= 15 is 0 Å². The van der Waals surface area contributed by atoms with Crippen LogP contribution in [0.3, 0.4) is 0 Å². The Balaban J connectivity index is 1.78. The van der Waals surface area contributed by atoms with Crippen molar-refractivity contribution >= 4 is 17.7 Å². The molecule has 3 nitrogen and oxygen atoms in total. The topological polar surface area (TPSA) is 38.3 Å². The summed E-state index contributed by atoms with van der Waals surface area (Å²) in [5.41, 5.74) is 2.59. The summed E-state index contributed by atoms with van der Waals surface area (Å²) in [4.78, 5) is 13.0. The van der Waals surface area contributed by atoms with Crippen molar-refractivity contribution in [2.45, 2.75) is 25.7 Å². The molecule has 2 rings (SSSR count). The van der Waals surface area contributed by atoms with E-state index in [1.807, 2.05) is 0 Å². The maximum Gasteiger partial charge on any atom is 0.230 e. The zero-order chi connectivity index (χ0) is 13.9. The number of aryl methyl sites for hydroxylation is 2. The highest BCUT2D eigenvalue weighted by Gasteiger charge is 2.33. The fourth-order valence-corrected chi connectivity index (χ4v) is 2.88. The highest BCUT2D eigenvalue weighted by atomic mass is 32.2. The van der Waals surface area contributed by atoms with Gasteiger partial charge >= 0.3 is 0 Å². The van der Waals surface area contributed by atoms with Crippen molar-refractivity contribution < 1.29 is 9.53 Å². The minimum absolute atomic E-state index is 0.0963. The van der Waals surface area contributed by atoms with Crippen LogP contribution >= 0.6 is 11.8 Å². The van der Waals surface area contributed by atoms with E-state index in [0.29, 0.717) is 12.3 Å². The van der Waals surface area contributed by atoms with Gasteiger partial charge in [-0.15, -0.1) is 11.8 Å². The molecule has 0 radical (unpaired) electrons. The van der Waals surface area contributed by atoms with Crippen LogP contribution in [0.5, 0.6) is 0 Å². The van der Waals surface area contributed by atoms with Gasteiger partial charge in [-0.1, -0.05) is 24.6 Å². The van der Waals surface area contributed by atoms with E-state index in [-0.39, 0.29) is 11.3 Å². The van der Waals surface area contributed by atoms with E-state index < -0.39 is 0 Å². The summed E-state index contributed by atoms with van der Waals surface area (Å²) in [6, 6.07) is 6.33. The Bertz CT molecular complexity index is 469. The number of carbonyl (C=O) groups excluding carboxylic acids is 1. The fourth-order valence-electron chi connectivity index (χ4n) is 1.92. The number of hydrogen-bond acceptors (Lipinski definition) is 3. The Labute approximate surface area is 119 Å². The smallest absolute Gasteiger partial charge is 0.230 e. The number of thioether (sulfide) groups is 1. The predicted molar refractivity (Wildman–Crippen MR) is 78.6 cm³/mol. The van der Waals surface area contributed by atoms with Crippen LogP contribution in [0.1, 0.15) is 18.1 Å². The van der Waals surface area contributed by atoms with Crippen LogP contribution in [0.2, 0.25) is 0 Å². The SMILES string of the molecule is Cc1ccc(C)c(SCC(=O)NCC2(C)COC2)c1. The molecule has 1 aromatic carbocycles. The molecule has 1 aliphatic heterocycles. The lowest BCUT2D eigenvalue weighted by Gasteiger charge is -2.38. The molecule has 0 spiro atoms. The first kappa shape index (κ1) is 14.4. The lowest BCUT2D eigenvalue weighted by Crippen LogP contribution is -2.48. The highest BCUT2D eigenvalue weighted by molar-refractivity contribution is 8.00. The minimum Gasteiger partial charge on any atom is -0.380 e. The highest BCUT2D eigenvalue weighted by Crippen LogP contribution is 2.26. The molecule has 1 heterocycles. The quantitative estimate of drug-likeness (QED) is 0.842. The zero-order valence-corrected chi connectivity index (χ0v) is 12.6. The molecule has 1 aromatic rings. The molecule has 4 heteroatoms. The first-order chi connectivity index (χ1) is 8.98. The number of amides is 1. The average Bonchev–Trinajstić information content (AvgIpc) is 2.35. The first-order valence-corrected chi connectivity index (χ1v) is 7.52. The second-order valence-corrected chi connectivity index (χ2v) is 6.65. The minimum atomic E-state index is 0.0963.